The fourth-order valence-corrected chi connectivity index (χ4v) is 0.583. The van der Waals surface area contributed by atoms with Gasteiger partial charge < -0.3 is 9.52 Å². The van der Waals surface area contributed by atoms with E-state index in [-0.39, 0.29) is 17.4 Å². The van der Waals surface area contributed by atoms with Crippen LogP contribution in [0.1, 0.15) is 6.92 Å². The first-order chi connectivity index (χ1) is 8.43. The third kappa shape index (κ3) is 8.66. The zero-order valence-electron chi connectivity index (χ0n) is 9.75. The van der Waals surface area contributed by atoms with Gasteiger partial charge in [-0.2, -0.15) is 0 Å². The lowest BCUT2D eigenvalue weighted by Gasteiger charge is -1.80. The summed E-state index contributed by atoms with van der Waals surface area (Å²) in [6, 6.07) is 3.67. The SMILES string of the molecule is C=C(C)C(=O)O.O=C1C=CC(=O)N1.c1ccoc1. The molecule has 0 aromatic carbocycles. The lowest BCUT2D eigenvalue weighted by Crippen LogP contribution is -2.19. The maximum Gasteiger partial charge on any atom is 0.330 e. The Hall–Kier alpha value is -2.63. The molecule has 1 aliphatic heterocycles. The van der Waals surface area contributed by atoms with E-state index in [1.807, 2.05) is 17.4 Å². The Morgan fingerprint density at radius 2 is 1.61 bits per heavy atom. The van der Waals surface area contributed by atoms with Crippen LogP contribution in [0.25, 0.3) is 0 Å². The highest BCUT2D eigenvalue weighted by Crippen LogP contribution is 1.82. The molecule has 1 aromatic heterocycles. The van der Waals surface area contributed by atoms with Gasteiger partial charge in [0.1, 0.15) is 0 Å². The van der Waals surface area contributed by atoms with Gasteiger partial charge in [0, 0.05) is 17.7 Å². The molecule has 0 saturated carbocycles. The summed E-state index contributed by atoms with van der Waals surface area (Å²) in [5.41, 5.74) is 0.176. The van der Waals surface area contributed by atoms with Crippen LogP contribution in [0.4, 0.5) is 0 Å². The molecule has 6 nitrogen and oxygen atoms in total. The van der Waals surface area contributed by atoms with Gasteiger partial charge in [-0.05, 0) is 19.1 Å². The fourth-order valence-electron chi connectivity index (χ4n) is 0.583. The quantitative estimate of drug-likeness (QED) is 0.576. The Kier molecular flexibility index (Phi) is 7.27. The minimum absolute atomic E-state index is 0.176. The Labute approximate surface area is 104 Å². The number of imide groups is 1. The fraction of sp³-hybridized carbons (Fsp3) is 0.0833. The summed E-state index contributed by atoms with van der Waals surface area (Å²) < 4.78 is 4.58. The minimum atomic E-state index is -0.935. The molecule has 0 saturated heterocycles. The van der Waals surface area contributed by atoms with Gasteiger partial charge >= 0.3 is 5.97 Å². The minimum Gasteiger partial charge on any atom is -0.478 e. The van der Waals surface area contributed by atoms with Crippen molar-refractivity contribution < 1.29 is 23.9 Å². The number of carbonyl (C=O) groups is 3. The predicted octanol–water partition coefficient (Wildman–Crippen LogP) is 1.13. The number of nitrogens with one attached hydrogen (secondary N) is 1. The molecule has 0 fully saturated rings. The first kappa shape index (κ1) is 15.4. The van der Waals surface area contributed by atoms with E-state index in [4.69, 9.17) is 5.11 Å². The highest BCUT2D eigenvalue weighted by Gasteiger charge is 2.06. The van der Waals surface area contributed by atoms with Crippen molar-refractivity contribution in [3.63, 3.8) is 0 Å². The topological polar surface area (TPSA) is 96.6 Å². The summed E-state index contributed by atoms with van der Waals surface area (Å²) in [5.74, 6) is -1.59. The molecule has 1 aliphatic rings. The van der Waals surface area contributed by atoms with Crippen molar-refractivity contribution in [3.8, 4) is 0 Å². The van der Waals surface area contributed by atoms with E-state index in [1.165, 1.54) is 19.1 Å². The summed E-state index contributed by atoms with van der Waals surface area (Å²) in [7, 11) is 0. The van der Waals surface area contributed by atoms with Crippen LogP contribution in [0.3, 0.4) is 0 Å². The number of carboxylic acid groups (broad SMARTS) is 1. The number of furan rings is 1. The molecule has 2 heterocycles. The molecule has 0 aliphatic carbocycles. The van der Waals surface area contributed by atoms with E-state index < -0.39 is 5.97 Å². The highest BCUT2D eigenvalue weighted by atomic mass is 16.4. The molecule has 2 N–H and O–H groups in total. The molecule has 0 spiro atoms. The maximum absolute atomic E-state index is 10.0. The Morgan fingerprint density at radius 1 is 1.22 bits per heavy atom. The van der Waals surface area contributed by atoms with Gasteiger partial charge in [-0.3, -0.25) is 14.9 Å². The average Bonchev–Trinajstić information content (AvgIpc) is 2.94. The van der Waals surface area contributed by atoms with Gasteiger partial charge in [0.15, 0.2) is 0 Å². The zero-order chi connectivity index (χ0) is 14.0. The highest BCUT2D eigenvalue weighted by molar-refractivity contribution is 6.12. The van der Waals surface area contributed by atoms with E-state index in [1.54, 1.807) is 12.5 Å². The van der Waals surface area contributed by atoms with Crippen LogP contribution >= 0.6 is 0 Å². The van der Waals surface area contributed by atoms with E-state index in [9.17, 15) is 14.4 Å². The molecule has 0 unspecified atom stereocenters. The van der Waals surface area contributed by atoms with Crippen LogP contribution < -0.4 is 5.32 Å². The van der Waals surface area contributed by atoms with Crippen molar-refractivity contribution in [2.45, 2.75) is 6.92 Å². The molecule has 96 valence electrons. The molecule has 0 bridgehead atoms. The molecule has 2 rings (SSSR count). The van der Waals surface area contributed by atoms with E-state index >= 15 is 0 Å². The number of rotatable bonds is 1. The van der Waals surface area contributed by atoms with Crippen LogP contribution in [0.2, 0.25) is 0 Å². The van der Waals surface area contributed by atoms with Crippen molar-refractivity contribution in [3.05, 3.63) is 49.0 Å². The second kappa shape index (κ2) is 8.51. The van der Waals surface area contributed by atoms with Crippen LogP contribution in [0.15, 0.2) is 53.4 Å². The van der Waals surface area contributed by atoms with Gasteiger partial charge in [-0.15, -0.1) is 0 Å². The third-order valence-corrected chi connectivity index (χ3v) is 1.42. The molecule has 0 radical (unpaired) electrons. The second-order valence-corrected chi connectivity index (χ2v) is 3.07. The third-order valence-electron chi connectivity index (χ3n) is 1.42. The molecule has 2 amide bonds. The van der Waals surface area contributed by atoms with E-state index in [0.29, 0.717) is 0 Å². The van der Waals surface area contributed by atoms with Gasteiger partial charge in [0.2, 0.25) is 0 Å². The number of carboxylic acids is 1. The molecule has 0 atom stereocenters. The van der Waals surface area contributed by atoms with Crippen molar-refractivity contribution in [1.29, 1.82) is 0 Å². The monoisotopic (exact) mass is 251 g/mol. The number of carbonyl (C=O) groups excluding carboxylic acids is 2. The van der Waals surface area contributed by atoms with Crippen molar-refractivity contribution in [2.75, 3.05) is 0 Å². The average molecular weight is 251 g/mol. The zero-order valence-corrected chi connectivity index (χ0v) is 9.75. The van der Waals surface area contributed by atoms with Crippen LogP contribution in [-0.4, -0.2) is 22.9 Å². The van der Waals surface area contributed by atoms with E-state index in [0.717, 1.165) is 0 Å². The van der Waals surface area contributed by atoms with Crippen LogP contribution in [0.5, 0.6) is 0 Å². The summed E-state index contributed by atoms with van der Waals surface area (Å²) in [6.45, 7) is 4.60. The van der Waals surface area contributed by atoms with E-state index in [2.05, 4.69) is 11.0 Å². The first-order valence-electron chi connectivity index (χ1n) is 4.82. The number of aliphatic carboxylic acids is 1. The first-order valence-corrected chi connectivity index (χ1v) is 4.82. The van der Waals surface area contributed by atoms with Gasteiger partial charge in [-0.1, -0.05) is 6.58 Å². The normalized spacial score (nSPS) is 11.6. The largest absolute Gasteiger partial charge is 0.478 e. The summed E-state index contributed by atoms with van der Waals surface area (Å²) >= 11 is 0. The summed E-state index contributed by atoms with van der Waals surface area (Å²) in [6.07, 6.45) is 5.64. The van der Waals surface area contributed by atoms with Crippen molar-refractivity contribution in [2.24, 2.45) is 0 Å². The molecule has 6 heteroatoms. The standard InChI is InChI=1S/C4H3NO2.C4H6O2.C4H4O/c6-3-1-2-4(7)5-3;1-3(2)4(5)6;1-2-4-5-3-1/h1-2H,(H,5,6,7);1H2,2H3,(H,5,6);1-4H. The number of hydrogen-bond donors (Lipinski definition) is 2. The molecule has 1 aromatic rings. The maximum atomic E-state index is 10.0. The summed E-state index contributed by atoms with van der Waals surface area (Å²) in [4.78, 5) is 29.7. The Balaban J connectivity index is 0.000000244. The molecular formula is C12H13NO5. The lowest BCUT2D eigenvalue weighted by atomic mass is 10.4. The Morgan fingerprint density at radius 3 is 1.72 bits per heavy atom. The lowest BCUT2D eigenvalue weighted by molar-refractivity contribution is -0.132. The summed E-state index contributed by atoms with van der Waals surface area (Å²) in [5, 5.41) is 9.92. The molecule has 18 heavy (non-hydrogen) atoms. The Bertz CT molecular complexity index is 400. The van der Waals surface area contributed by atoms with Gasteiger partial charge in [0.25, 0.3) is 11.8 Å². The molecular weight excluding hydrogens is 238 g/mol. The predicted molar refractivity (Wildman–Crippen MR) is 63.4 cm³/mol. The van der Waals surface area contributed by atoms with Gasteiger partial charge in [0.05, 0.1) is 12.5 Å². The smallest absolute Gasteiger partial charge is 0.330 e. The second-order valence-electron chi connectivity index (χ2n) is 3.07. The number of hydrogen-bond acceptors (Lipinski definition) is 4. The number of amides is 2. The van der Waals surface area contributed by atoms with Crippen molar-refractivity contribution >= 4 is 17.8 Å². The van der Waals surface area contributed by atoms with Gasteiger partial charge in [-0.25, -0.2) is 4.79 Å². The van der Waals surface area contributed by atoms with Crippen LogP contribution in [0, 0.1) is 0 Å². The van der Waals surface area contributed by atoms with Crippen LogP contribution in [-0.2, 0) is 14.4 Å². The van der Waals surface area contributed by atoms with Crippen molar-refractivity contribution in [1.82, 2.24) is 5.32 Å².